The van der Waals surface area contributed by atoms with Gasteiger partial charge in [-0.2, -0.15) is 4.98 Å². The number of para-hydroxylation sites is 1. The fourth-order valence-electron chi connectivity index (χ4n) is 4.38. The van der Waals surface area contributed by atoms with Crippen molar-refractivity contribution in [3.8, 4) is 11.4 Å². The molecule has 0 bridgehead atoms. The van der Waals surface area contributed by atoms with Crippen molar-refractivity contribution in [3.05, 3.63) is 66.2 Å². The molecule has 0 spiro atoms. The Hall–Kier alpha value is -3.94. The van der Waals surface area contributed by atoms with Gasteiger partial charge >= 0.3 is 0 Å². The summed E-state index contributed by atoms with van der Waals surface area (Å²) >= 11 is 0. The van der Waals surface area contributed by atoms with Gasteiger partial charge in [-0.1, -0.05) is 23.4 Å². The number of benzene rings is 2. The molecule has 3 heterocycles. The van der Waals surface area contributed by atoms with Gasteiger partial charge in [0, 0.05) is 48.4 Å². The van der Waals surface area contributed by atoms with Gasteiger partial charge in [-0.15, -0.1) is 0 Å². The number of carbonyl (C=O) groups is 2. The maximum Gasteiger partial charge on any atom is 0.231 e. The van der Waals surface area contributed by atoms with Crippen LogP contribution in [0.5, 0.6) is 0 Å². The van der Waals surface area contributed by atoms with Crippen LogP contribution >= 0.6 is 0 Å². The highest BCUT2D eigenvalue weighted by atomic mass is 16.5. The number of nitrogens with one attached hydrogen (secondary N) is 2. The molecule has 1 unspecified atom stereocenters. The first-order valence-corrected chi connectivity index (χ1v) is 11.1. The lowest BCUT2D eigenvalue weighted by Gasteiger charge is -2.31. The van der Waals surface area contributed by atoms with E-state index in [1.54, 1.807) is 12.1 Å². The molecule has 1 fully saturated rings. The second-order valence-electron chi connectivity index (χ2n) is 8.43. The Kier molecular flexibility index (Phi) is 5.64. The van der Waals surface area contributed by atoms with Crippen LogP contribution in [0.25, 0.3) is 22.3 Å². The average Bonchev–Trinajstić information content (AvgIpc) is 3.47. The third-order valence-electron chi connectivity index (χ3n) is 6.05. The summed E-state index contributed by atoms with van der Waals surface area (Å²) in [6.45, 7) is 2.78. The van der Waals surface area contributed by atoms with Crippen molar-refractivity contribution >= 4 is 28.4 Å². The summed E-state index contributed by atoms with van der Waals surface area (Å²) in [5.41, 5.74) is 3.58. The van der Waals surface area contributed by atoms with Crippen LogP contribution in [0.3, 0.4) is 0 Å². The number of carbonyl (C=O) groups excluding carboxylic acids is 2. The van der Waals surface area contributed by atoms with Crippen LogP contribution in [-0.2, 0) is 16.0 Å². The molecule has 0 saturated carbocycles. The summed E-state index contributed by atoms with van der Waals surface area (Å²) < 4.78 is 5.57. The van der Waals surface area contributed by atoms with E-state index in [1.807, 2.05) is 47.5 Å². The SMILES string of the molecule is CC(=O)Nc1ccc(-c2noc(C3CCCN(C(=O)Cc4c[nH]c5ccccc45)C3)n2)cc1. The summed E-state index contributed by atoms with van der Waals surface area (Å²) in [5, 5.41) is 7.96. The second-order valence-corrected chi connectivity index (χ2v) is 8.43. The van der Waals surface area contributed by atoms with Gasteiger partial charge in [0.15, 0.2) is 0 Å². The first-order valence-electron chi connectivity index (χ1n) is 11.1. The Labute approximate surface area is 191 Å². The summed E-state index contributed by atoms with van der Waals surface area (Å²) in [7, 11) is 0. The molecule has 168 valence electrons. The summed E-state index contributed by atoms with van der Waals surface area (Å²) in [5.74, 6) is 1.07. The van der Waals surface area contributed by atoms with Crippen molar-refractivity contribution in [1.29, 1.82) is 0 Å². The third-order valence-corrected chi connectivity index (χ3v) is 6.05. The smallest absolute Gasteiger partial charge is 0.231 e. The zero-order valence-corrected chi connectivity index (χ0v) is 18.4. The molecule has 2 aromatic carbocycles. The Morgan fingerprint density at radius 2 is 2.00 bits per heavy atom. The van der Waals surface area contributed by atoms with Gasteiger partial charge in [-0.25, -0.2) is 0 Å². The third kappa shape index (κ3) is 4.50. The van der Waals surface area contributed by atoms with Crippen molar-refractivity contribution < 1.29 is 14.1 Å². The van der Waals surface area contributed by atoms with E-state index in [0.717, 1.165) is 41.4 Å². The number of fused-ring (bicyclic) bond motifs is 1. The summed E-state index contributed by atoms with van der Waals surface area (Å²) in [6.07, 6.45) is 4.09. The molecular formula is C25H25N5O3. The minimum absolute atomic E-state index is 0.0190. The molecule has 1 saturated heterocycles. The molecule has 1 aliphatic heterocycles. The van der Waals surface area contributed by atoms with E-state index in [4.69, 9.17) is 4.52 Å². The molecule has 0 aliphatic carbocycles. The van der Waals surface area contributed by atoms with Gasteiger partial charge in [0.1, 0.15) is 0 Å². The predicted octanol–water partition coefficient (Wildman–Crippen LogP) is 4.13. The fraction of sp³-hybridized carbons (Fsp3) is 0.280. The normalized spacial score (nSPS) is 16.2. The highest BCUT2D eigenvalue weighted by molar-refractivity contribution is 5.89. The van der Waals surface area contributed by atoms with Gasteiger partial charge in [0.05, 0.1) is 12.3 Å². The molecule has 8 heteroatoms. The van der Waals surface area contributed by atoms with Crippen molar-refractivity contribution in [2.45, 2.75) is 32.1 Å². The summed E-state index contributed by atoms with van der Waals surface area (Å²) in [6, 6.07) is 15.3. The van der Waals surface area contributed by atoms with Crippen molar-refractivity contribution in [2.24, 2.45) is 0 Å². The Morgan fingerprint density at radius 1 is 1.18 bits per heavy atom. The number of likely N-dealkylation sites (tertiary alicyclic amines) is 1. The van der Waals surface area contributed by atoms with Crippen LogP contribution in [0.1, 0.15) is 37.1 Å². The van der Waals surface area contributed by atoms with Crippen LogP contribution in [0, 0.1) is 0 Å². The summed E-state index contributed by atoms with van der Waals surface area (Å²) in [4.78, 5) is 34.0. The number of anilines is 1. The van der Waals surface area contributed by atoms with Crippen molar-refractivity contribution in [2.75, 3.05) is 18.4 Å². The first kappa shape index (κ1) is 20.9. The number of rotatable bonds is 5. The molecule has 8 nitrogen and oxygen atoms in total. The van der Waals surface area contributed by atoms with Crippen LogP contribution in [0.2, 0.25) is 0 Å². The maximum absolute atomic E-state index is 13.0. The van der Waals surface area contributed by atoms with E-state index < -0.39 is 0 Å². The van der Waals surface area contributed by atoms with E-state index in [0.29, 0.717) is 30.4 Å². The molecule has 2 aromatic heterocycles. The molecule has 2 N–H and O–H groups in total. The Balaban J connectivity index is 1.26. The topological polar surface area (TPSA) is 104 Å². The predicted molar refractivity (Wildman–Crippen MR) is 125 cm³/mol. The standard InChI is InChI=1S/C25H25N5O3/c1-16(31)27-20-10-8-17(9-11-20)24-28-25(33-29-24)18-5-4-12-30(15-18)23(32)13-19-14-26-22-7-3-2-6-21(19)22/h2-3,6-11,14,18,26H,4-5,12-13,15H2,1H3,(H,27,31). The minimum Gasteiger partial charge on any atom is -0.361 e. The maximum atomic E-state index is 13.0. The van der Waals surface area contributed by atoms with E-state index >= 15 is 0 Å². The molecule has 5 rings (SSSR count). The Bertz CT molecular complexity index is 1290. The minimum atomic E-state index is -0.120. The largest absolute Gasteiger partial charge is 0.361 e. The molecule has 0 radical (unpaired) electrons. The van der Waals surface area contributed by atoms with Crippen LogP contribution < -0.4 is 5.32 Å². The second kappa shape index (κ2) is 8.90. The van der Waals surface area contributed by atoms with Gasteiger partial charge in [-0.3, -0.25) is 9.59 Å². The first-order chi connectivity index (χ1) is 16.1. The van der Waals surface area contributed by atoms with E-state index in [1.165, 1.54) is 6.92 Å². The lowest BCUT2D eigenvalue weighted by atomic mass is 9.97. The van der Waals surface area contributed by atoms with Crippen molar-refractivity contribution in [3.63, 3.8) is 0 Å². The Morgan fingerprint density at radius 3 is 2.82 bits per heavy atom. The number of hydrogen-bond acceptors (Lipinski definition) is 5. The lowest BCUT2D eigenvalue weighted by molar-refractivity contribution is -0.131. The van der Waals surface area contributed by atoms with Crippen LogP contribution in [-0.4, -0.2) is 44.9 Å². The van der Waals surface area contributed by atoms with Gasteiger partial charge in [-0.05, 0) is 48.7 Å². The van der Waals surface area contributed by atoms with E-state index in [-0.39, 0.29) is 17.7 Å². The zero-order chi connectivity index (χ0) is 22.8. The lowest BCUT2D eigenvalue weighted by Crippen LogP contribution is -2.40. The van der Waals surface area contributed by atoms with Gasteiger partial charge in [0.2, 0.25) is 23.5 Å². The van der Waals surface area contributed by atoms with Crippen molar-refractivity contribution in [1.82, 2.24) is 20.0 Å². The molecule has 4 aromatic rings. The van der Waals surface area contributed by atoms with Crippen LogP contribution in [0.15, 0.2) is 59.3 Å². The molecule has 1 atom stereocenters. The van der Waals surface area contributed by atoms with Gasteiger partial charge < -0.3 is 19.7 Å². The number of aromatic nitrogens is 3. The number of nitrogens with zero attached hydrogens (tertiary/aromatic N) is 3. The zero-order valence-electron chi connectivity index (χ0n) is 18.4. The molecular weight excluding hydrogens is 418 g/mol. The van der Waals surface area contributed by atoms with E-state index in [2.05, 4.69) is 20.4 Å². The fourth-order valence-corrected chi connectivity index (χ4v) is 4.38. The van der Waals surface area contributed by atoms with Gasteiger partial charge in [0.25, 0.3) is 0 Å². The molecule has 33 heavy (non-hydrogen) atoms. The highest BCUT2D eigenvalue weighted by Gasteiger charge is 2.29. The number of H-pyrrole nitrogens is 1. The molecule has 1 aliphatic rings. The monoisotopic (exact) mass is 443 g/mol. The van der Waals surface area contributed by atoms with E-state index in [9.17, 15) is 9.59 Å². The number of hydrogen-bond donors (Lipinski definition) is 2. The highest BCUT2D eigenvalue weighted by Crippen LogP contribution is 2.29. The quantitative estimate of drug-likeness (QED) is 0.483. The average molecular weight is 444 g/mol. The number of aromatic amines is 1. The molecule has 2 amide bonds. The van der Waals surface area contributed by atoms with Crippen LogP contribution in [0.4, 0.5) is 5.69 Å². The number of piperidine rings is 1. The number of amides is 2.